The van der Waals surface area contributed by atoms with Crippen molar-refractivity contribution in [3.63, 3.8) is 0 Å². The summed E-state index contributed by atoms with van der Waals surface area (Å²) in [6.07, 6.45) is 1.66. The molecule has 0 radical (unpaired) electrons. The van der Waals surface area contributed by atoms with Gasteiger partial charge in [0.05, 0.1) is 22.7 Å². The largest absolute Gasteiger partial charge is 0.478 e. The summed E-state index contributed by atoms with van der Waals surface area (Å²) >= 11 is 3.43. The summed E-state index contributed by atoms with van der Waals surface area (Å²) in [5.74, 6) is -0.398. The van der Waals surface area contributed by atoms with Crippen molar-refractivity contribution >= 4 is 39.0 Å². The Kier molecular flexibility index (Phi) is 6.27. The van der Waals surface area contributed by atoms with Crippen molar-refractivity contribution in [3.8, 4) is 5.69 Å². The minimum Gasteiger partial charge on any atom is -0.478 e. The van der Waals surface area contributed by atoms with Crippen LogP contribution in [-0.2, 0) is 5.41 Å². The van der Waals surface area contributed by atoms with Gasteiger partial charge in [0, 0.05) is 32.5 Å². The highest BCUT2D eigenvalue weighted by Crippen LogP contribution is 2.26. The van der Waals surface area contributed by atoms with E-state index in [2.05, 4.69) is 21.0 Å². The van der Waals surface area contributed by atoms with Gasteiger partial charge in [0.15, 0.2) is 0 Å². The first-order valence-electron chi connectivity index (χ1n) is 11.2. The molecule has 0 spiro atoms. The first kappa shape index (κ1) is 24.6. The second-order valence-corrected chi connectivity index (χ2v) is 10.5. The number of carboxylic acid groups (broad SMARTS) is 1. The number of hydrogen-bond donors (Lipinski definition) is 1. The quantitative estimate of drug-likeness (QED) is 0.337. The molecule has 2 heterocycles. The van der Waals surface area contributed by atoms with Gasteiger partial charge in [-0.2, -0.15) is 9.78 Å². The molecule has 4 aromatic rings. The number of aromatic nitrogens is 3. The zero-order chi connectivity index (χ0) is 25.7. The Hall–Kier alpha value is -3.52. The molecule has 4 rings (SSSR count). The van der Waals surface area contributed by atoms with E-state index in [0.717, 1.165) is 27.1 Å². The molecule has 2 aromatic heterocycles. The maximum absolute atomic E-state index is 13.4. The van der Waals surface area contributed by atoms with E-state index in [-0.39, 0.29) is 11.1 Å². The smallest absolute Gasteiger partial charge is 0.336 e. The normalized spacial score (nSPS) is 12.1. The molecule has 0 fully saturated rings. The Morgan fingerprint density at radius 3 is 2.49 bits per heavy atom. The maximum atomic E-state index is 13.4. The van der Waals surface area contributed by atoms with E-state index in [1.165, 1.54) is 4.68 Å². The second kappa shape index (κ2) is 8.92. The molecule has 180 valence electrons. The molecule has 0 amide bonds. The molecule has 0 unspecified atom stereocenters. The van der Waals surface area contributed by atoms with Gasteiger partial charge < -0.3 is 9.67 Å². The number of aryl methyl sites for hydroxylation is 1. The summed E-state index contributed by atoms with van der Waals surface area (Å²) < 4.78 is 4.18. The van der Waals surface area contributed by atoms with Crippen LogP contribution in [0.5, 0.6) is 0 Å². The van der Waals surface area contributed by atoms with Gasteiger partial charge in [-0.3, -0.25) is 4.79 Å². The molecule has 2 aromatic carbocycles. The van der Waals surface area contributed by atoms with Crippen LogP contribution in [0.2, 0.25) is 0 Å². The molecule has 1 N–H and O–H groups in total. The third-order valence-corrected chi connectivity index (χ3v) is 6.53. The average molecular weight is 535 g/mol. The van der Waals surface area contributed by atoms with Crippen molar-refractivity contribution in [2.45, 2.75) is 47.0 Å². The Bertz CT molecular complexity index is 1570. The van der Waals surface area contributed by atoms with Crippen LogP contribution < -0.4 is 5.56 Å². The van der Waals surface area contributed by atoms with Crippen LogP contribution in [0.3, 0.4) is 0 Å². The molecule has 8 heteroatoms. The topological polar surface area (TPSA) is 89.5 Å². The van der Waals surface area contributed by atoms with Crippen molar-refractivity contribution in [1.29, 1.82) is 0 Å². The van der Waals surface area contributed by atoms with Gasteiger partial charge in [0.2, 0.25) is 0 Å². The monoisotopic (exact) mass is 534 g/mol. The Morgan fingerprint density at radius 1 is 1.11 bits per heavy atom. The number of rotatable bonds is 4. The van der Waals surface area contributed by atoms with E-state index in [1.54, 1.807) is 31.3 Å². The Labute approximate surface area is 211 Å². The number of carboxylic acids is 1. The molecule has 0 aliphatic carbocycles. The lowest BCUT2D eigenvalue weighted by Crippen LogP contribution is -2.29. The molecule has 0 atom stereocenters. The predicted molar refractivity (Wildman–Crippen MR) is 142 cm³/mol. The Morgan fingerprint density at radius 2 is 1.83 bits per heavy atom. The molecular formula is C27H27BrN4O3. The van der Waals surface area contributed by atoms with Crippen molar-refractivity contribution < 1.29 is 9.90 Å². The zero-order valence-electron chi connectivity index (χ0n) is 20.5. The van der Waals surface area contributed by atoms with Crippen LogP contribution in [0.4, 0.5) is 0 Å². The van der Waals surface area contributed by atoms with Crippen LogP contribution in [0, 0.1) is 20.8 Å². The highest BCUT2D eigenvalue weighted by atomic mass is 79.9. The van der Waals surface area contributed by atoms with Crippen molar-refractivity contribution in [2.24, 2.45) is 5.10 Å². The highest BCUT2D eigenvalue weighted by Gasteiger charge is 2.23. The molecule has 35 heavy (non-hydrogen) atoms. The van der Waals surface area contributed by atoms with Crippen LogP contribution in [0.15, 0.2) is 56.8 Å². The minimum absolute atomic E-state index is 0.240. The molecule has 0 saturated heterocycles. The third-order valence-electron chi connectivity index (χ3n) is 6.04. The summed E-state index contributed by atoms with van der Waals surface area (Å²) in [6, 6.07) is 12.7. The summed E-state index contributed by atoms with van der Waals surface area (Å²) in [5, 5.41) is 14.6. The number of benzene rings is 2. The van der Waals surface area contributed by atoms with Gasteiger partial charge in [0.1, 0.15) is 5.82 Å². The van der Waals surface area contributed by atoms with Gasteiger partial charge in [-0.15, -0.1) is 0 Å². The molecule has 7 nitrogen and oxygen atoms in total. The van der Waals surface area contributed by atoms with E-state index < -0.39 is 11.4 Å². The lowest BCUT2D eigenvalue weighted by molar-refractivity contribution is 0.0696. The summed E-state index contributed by atoms with van der Waals surface area (Å²) in [7, 11) is 0. The SMILES string of the molecule is Cc1c(C(=O)O)cccc1-n1c(C)cc(C=Nn2c(C(C)(C)C)nc3ccc(Br)cc3c2=O)c1C. The highest BCUT2D eigenvalue weighted by molar-refractivity contribution is 9.10. The molecule has 0 aliphatic heterocycles. The van der Waals surface area contributed by atoms with Crippen LogP contribution in [-0.4, -0.2) is 31.5 Å². The average Bonchev–Trinajstić information content (AvgIpc) is 3.05. The first-order valence-corrected chi connectivity index (χ1v) is 12.0. The molecular weight excluding hydrogens is 508 g/mol. The number of carbonyl (C=O) groups is 1. The van der Waals surface area contributed by atoms with E-state index >= 15 is 0 Å². The number of fused-ring (bicyclic) bond motifs is 1. The van der Waals surface area contributed by atoms with E-state index in [1.807, 2.05) is 63.5 Å². The van der Waals surface area contributed by atoms with Crippen molar-refractivity contribution in [3.05, 3.63) is 91.2 Å². The Balaban J connectivity index is 1.88. The van der Waals surface area contributed by atoms with E-state index in [9.17, 15) is 14.7 Å². The van der Waals surface area contributed by atoms with E-state index in [4.69, 9.17) is 4.98 Å². The molecule has 0 saturated carbocycles. The number of nitrogens with zero attached hydrogens (tertiary/aromatic N) is 4. The van der Waals surface area contributed by atoms with Gasteiger partial charge in [-0.1, -0.05) is 42.8 Å². The lowest BCUT2D eigenvalue weighted by atomic mass is 9.95. The number of halogens is 1. The van der Waals surface area contributed by atoms with Gasteiger partial charge in [0.25, 0.3) is 5.56 Å². The predicted octanol–water partition coefficient (Wildman–Crippen LogP) is 5.75. The van der Waals surface area contributed by atoms with Crippen LogP contribution in [0.25, 0.3) is 16.6 Å². The van der Waals surface area contributed by atoms with Crippen LogP contribution >= 0.6 is 15.9 Å². The van der Waals surface area contributed by atoms with Crippen molar-refractivity contribution in [2.75, 3.05) is 0 Å². The fourth-order valence-corrected chi connectivity index (χ4v) is 4.61. The standard InChI is InChI=1S/C27H27BrN4O3/c1-15-12-18(17(3)31(15)23-9-7-8-20(16(23)2)25(34)35)14-29-32-24(33)21-13-19(28)10-11-22(21)30-26(32)27(4,5)6/h7-14H,1-6H3,(H,34,35). The number of aromatic carboxylic acids is 1. The fraction of sp³-hybridized carbons (Fsp3) is 0.259. The first-order chi connectivity index (χ1) is 16.4. The summed E-state index contributed by atoms with van der Waals surface area (Å²) in [4.78, 5) is 29.8. The number of hydrogen-bond acceptors (Lipinski definition) is 4. The minimum atomic E-state index is -0.960. The third kappa shape index (κ3) is 4.46. The molecule has 0 bridgehead atoms. The van der Waals surface area contributed by atoms with Gasteiger partial charge in [-0.25, -0.2) is 9.78 Å². The molecule has 0 aliphatic rings. The fourth-order valence-electron chi connectivity index (χ4n) is 4.25. The summed E-state index contributed by atoms with van der Waals surface area (Å²) in [6.45, 7) is 11.7. The maximum Gasteiger partial charge on any atom is 0.336 e. The van der Waals surface area contributed by atoms with Crippen molar-refractivity contribution in [1.82, 2.24) is 14.2 Å². The zero-order valence-corrected chi connectivity index (χ0v) is 22.1. The van der Waals surface area contributed by atoms with Gasteiger partial charge in [-0.05, 0) is 62.7 Å². The van der Waals surface area contributed by atoms with Gasteiger partial charge >= 0.3 is 5.97 Å². The summed E-state index contributed by atoms with van der Waals surface area (Å²) in [5.41, 5.74) is 4.35. The van der Waals surface area contributed by atoms with E-state index in [0.29, 0.717) is 22.3 Å². The lowest BCUT2D eigenvalue weighted by Gasteiger charge is -2.20. The van der Waals surface area contributed by atoms with Crippen LogP contribution in [0.1, 0.15) is 59.5 Å². The second-order valence-electron chi connectivity index (χ2n) is 9.63.